The number of nitrogens with two attached hydrogens (primary N) is 1. The molecule has 1 aliphatic rings. The second-order valence-corrected chi connectivity index (χ2v) is 9.56. The molecule has 0 fully saturated rings. The molecule has 3 aromatic rings. The maximum atomic E-state index is 13.3. The molecule has 0 bridgehead atoms. The molecule has 9 heteroatoms. The number of aryl methyl sites for hydroxylation is 2. The summed E-state index contributed by atoms with van der Waals surface area (Å²) < 4.78 is 43.6. The monoisotopic (exact) mass is 557 g/mol. The number of ether oxygens (including phenoxy) is 1. The number of nitrogens with zero attached hydrogens (tertiary/aromatic N) is 1. The second kappa shape index (κ2) is 12.4. The number of allylic oxidation sites excluding steroid dienone is 1. The van der Waals surface area contributed by atoms with Gasteiger partial charge in [-0.05, 0) is 84.8 Å². The first kappa shape index (κ1) is 29.0. The topological polar surface area (TPSA) is 105 Å². The van der Waals surface area contributed by atoms with Crippen molar-refractivity contribution in [2.24, 2.45) is 5.73 Å². The number of amides is 2. The number of alkyl halides is 3. The van der Waals surface area contributed by atoms with E-state index in [1.165, 1.54) is 23.8 Å². The van der Waals surface area contributed by atoms with Crippen molar-refractivity contribution in [1.29, 1.82) is 5.26 Å². The molecule has 0 saturated carbocycles. The summed E-state index contributed by atoms with van der Waals surface area (Å²) in [4.78, 5) is 24.7. The van der Waals surface area contributed by atoms with Crippen LogP contribution in [0.1, 0.15) is 67.8 Å². The molecule has 2 amide bonds. The number of halogens is 3. The van der Waals surface area contributed by atoms with E-state index in [0.29, 0.717) is 23.1 Å². The average Bonchev–Trinajstić information content (AvgIpc) is 2.92. The van der Waals surface area contributed by atoms with Gasteiger partial charge in [0.05, 0.1) is 18.1 Å². The summed E-state index contributed by atoms with van der Waals surface area (Å²) in [5.74, 6) is 3.67. The Labute approximate surface area is 235 Å². The third kappa shape index (κ3) is 7.55. The van der Waals surface area contributed by atoms with Crippen LogP contribution in [0.5, 0.6) is 5.75 Å². The molecule has 0 spiro atoms. The number of primary amides is 1. The molecule has 0 radical (unpaired) electrons. The summed E-state index contributed by atoms with van der Waals surface area (Å²) in [6.45, 7) is 1.74. The number of nitrogens with one attached hydrogen (secondary N) is 1. The molecule has 0 saturated heterocycles. The lowest BCUT2D eigenvalue weighted by atomic mass is 9.87. The fraction of sp³-hybridized carbons (Fsp3) is 0.219. The number of benzene rings is 3. The van der Waals surface area contributed by atoms with Crippen LogP contribution in [0.25, 0.3) is 5.57 Å². The lowest BCUT2D eigenvalue weighted by Crippen LogP contribution is -2.35. The fourth-order valence-electron chi connectivity index (χ4n) is 4.67. The van der Waals surface area contributed by atoms with E-state index in [1.54, 1.807) is 19.1 Å². The van der Waals surface area contributed by atoms with Gasteiger partial charge in [-0.3, -0.25) is 9.59 Å². The number of carbonyl (C=O) groups is 2. The number of hydrogen-bond donors (Lipinski definition) is 2. The Hall–Kier alpha value is -5.02. The van der Waals surface area contributed by atoms with E-state index >= 15 is 0 Å². The predicted octanol–water partition coefficient (Wildman–Crippen LogP) is 5.82. The minimum absolute atomic E-state index is 0.0409. The van der Waals surface area contributed by atoms with Crippen LogP contribution in [0.4, 0.5) is 13.2 Å². The SMILES string of the molecule is Cc1cc(C(N)=O)ccc1C#Cc1ccc(OC(F)(F)F)c(C(=O)NC(CC#N)CC2=CCCc3ccccc32)c1. The molecule has 1 unspecified atom stereocenters. The van der Waals surface area contributed by atoms with Gasteiger partial charge in [0, 0.05) is 22.7 Å². The van der Waals surface area contributed by atoms with Gasteiger partial charge < -0.3 is 15.8 Å². The summed E-state index contributed by atoms with van der Waals surface area (Å²) in [6.07, 6.45) is -0.966. The number of fused-ring (bicyclic) bond motifs is 1. The second-order valence-electron chi connectivity index (χ2n) is 9.56. The van der Waals surface area contributed by atoms with Crippen molar-refractivity contribution in [1.82, 2.24) is 5.32 Å². The molecular weight excluding hydrogens is 531 g/mol. The number of carbonyl (C=O) groups excluding carboxylic acids is 2. The van der Waals surface area contributed by atoms with E-state index in [1.807, 2.05) is 24.3 Å². The maximum Gasteiger partial charge on any atom is 0.573 e. The molecule has 1 aliphatic carbocycles. The molecule has 0 aliphatic heterocycles. The van der Waals surface area contributed by atoms with Gasteiger partial charge in [-0.1, -0.05) is 42.2 Å². The zero-order valence-electron chi connectivity index (χ0n) is 22.1. The number of nitriles is 1. The summed E-state index contributed by atoms with van der Waals surface area (Å²) in [5, 5.41) is 12.1. The average molecular weight is 558 g/mol. The van der Waals surface area contributed by atoms with Crippen LogP contribution in [0.3, 0.4) is 0 Å². The first-order valence-electron chi connectivity index (χ1n) is 12.8. The molecule has 41 heavy (non-hydrogen) atoms. The summed E-state index contributed by atoms with van der Waals surface area (Å²) >= 11 is 0. The Balaban J connectivity index is 1.62. The van der Waals surface area contributed by atoms with Crippen molar-refractivity contribution >= 4 is 17.4 Å². The summed E-state index contributed by atoms with van der Waals surface area (Å²) in [5.41, 5.74) is 9.95. The fourth-order valence-corrected chi connectivity index (χ4v) is 4.67. The van der Waals surface area contributed by atoms with Crippen LogP contribution in [0.2, 0.25) is 0 Å². The van der Waals surface area contributed by atoms with E-state index in [9.17, 15) is 28.0 Å². The largest absolute Gasteiger partial charge is 0.573 e. The standard InChI is InChI=1S/C32H26F3N3O3/c1-20-17-25(30(37)39)13-12-22(20)11-9-21-10-14-29(41-32(33,34)35)28(18-21)31(40)38-26(15-16-36)19-24-7-4-6-23-5-2-3-8-27(23)24/h2-3,5,7-8,10,12-14,17-18,26H,4,6,15,19H2,1H3,(H2,37,39)(H,38,40). The molecule has 0 heterocycles. The normalized spacial score (nSPS) is 13.0. The van der Waals surface area contributed by atoms with Crippen LogP contribution < -0.4 is 15.8 Å². The van der Waals surface area contributed by atoms with Crippen LogP contribution in [0.15, 0.2) is 66.7 Å². The Kier molecular flexibility index (Phi) is 8.79. The Bertz CT molecular complexity index is 1620. The van der Waals surface area contributed by atoms with E-state index in [2.05, 4.69) is 34.0 Å². The highest BCUT2D eigenvalue weighted by atomic mass is 19.4. The van der Waals surface area contributed by atoms with Gasteiger partial charge >= 0.3 is 6.36 Å². The van der Waals surface area contributed by atoms with Gasteiger partial charge in [-0.15, -0.1) is 13.2 Å². The van der Waals surface area contributed by atoms with Gasteiger partial charge in [0.1, 0.15) is 5.75 Å². The van der Waals surface area contributed by atoms with Gasteiger partial charge in [-0.25, -0.2) is 0 Å². The third-order valence-corrected chi connectivity index (χ3v) is 6.61. The Morgan fingerprint density at radius 3 is 2.59 bits per heavy atom. The first-order valence-corrected chi connectivity index (χ1v) is 12.8. The van der Waals surface area contributed by atoms with Crippen molar-refractivity contribution < 1.29 is 27.5 Å². The Morgan fingerprint density at radius 2 is 1.88 bits per heavy atom. The molecule has 3 aromatic carbocycles. The van der Waals surface area contributed by atoms with Crippen molar-refractivity contribution in [3.05, 3.63) is 106 Å². The van der Waals surface area contributed by atoms with Crippen LogP contribution in [-0.2, 0) is 6.42 Å². The number of hydrogen-bond acceptors (Lipinski definition) is 4. The van der Waals surface area contributed by atoms with Gasteiger partial charge in [0.25, 0.3) is 5.91 Å². The summed E-state index contributed by atoms with van der Waals surface area (Å²) in [7, 11) is 0. The molecule has 4 rings (SSSR count). The van der Waals surface area contributed by atoms with Gasteiger partial charge in [0.15, 0.2) is 0 Å². The molecular formula is C32H26F3N3O3. The van der Waals surface area contributed by atoms with Crippen molar-refractivity contribution in [3.8, 4) is 23.7 Å². The highest BCUT2D eigenvalue weighted by Crippen LogP contribution is 2.31. The van der Waals surface area contributed by atoms with Gasteiger partial charge in [0.2, 0.25) is 5.91 Å². The lowest BCUT2D eigenvalue weighted by Gasteiger charge is -2.23. The van der Waals surface area contributed by atoms with Gasteiger partial charge in [-0.2, -0.15) is 5.26 Å². The highest BCUT2D eigenvalue weighted by Gasteiger charge is 2.33. The zero-order valence-corrected chi connectivity index (χ0v) is 22.1. The minimum atomic E-state index is -5.02. The smallest absolute Gasteiger partial charge is 0.405 e. The quantitative estimate of drug-likeness (QED) is 0.357. The summed E-state index contributed by atoms with van der Waals surface area (Å²) in [6, 6.07) is 17.6. The van der Waals surface area contributed by atoms with Crippen molar-refractivity contribution in [2.45, 2.75) is 45.0 Å². The molecule has 1 atom stereocenters. The minimum Gasteiger partial charge on any atom is -0.405 e. The third-order valence-electron chi connectivity index (χ3n) is 6.61. The first-order chi connectivity index (χ1) is 19.5. The number of rotatable bonds is 7. The van der Waals surface area contributed by atoms with E-state index in [-0.39, 0.29) is 17.5 Å². The van der Waals surface area contributed by atoms with Crippen molar-refractivity contribution in [3.63, 3.8) is 0 Å². The van der Waals surface area contributed by atoms with E-state index in [4.69, 9.17) is 5.73 Å². The maximum absolute atomic E-state index is 13.3. The molecule has 208 valence electrons. The van der Waals surface area contributed by atoms with E-state index in [0.717, 1.165) is 30.0 Å². The Morgan fingerprint density at radius 1 is 1.10 bits per heavy atom. The molecule has 6 nitrogen and oxygen atoms in total. The van der Waals surface area contributed by atoms with Crippen LogP contribution in [0, 0.1) is 30.1 Å². The predicted molar refractivity (Wildman–Crippen MR) is 148 cm³/mol. The van der Waals surface area contributed by atoms with Crippen LogP contribution in [-0.4, -0.2) is 24.2 Å². The van der Waals surface area contributed by atoms with Crippen LogP contribution >= 0.6 is 0 Å². The molecule has 3 N–H and O–H groups in total. The zero-order chi connectivity index (χ0) is 29.6. The lowest BCUT2D eigenvalue weighted by molar-refractivity contribution is -0.274. The molecule has 0 aromatic heterocycles. The van der Waals surface area contributed by atoms with Crippen molar-refractivity contribution in [2.75, 3.05) is 0 Å². The highest BCUT2D eigenvalue weighted by molar-refractivity contribution is 5.97. The van der Waals surface area contributed by atoms with E-state index < -0.39 is 30.0 Å².